The van der Waals surface area contributed by atoms with Crippen LogP contribution in [0.2, 0.25) is 0 Å². The molecule has 19 heavy (non-hydrogen) atoms. The van der Waals surface area contributed by atoms with Crippen LogP contribution in [0.15, 0.2) is 12.7 Å². The largest absolute Gasteiger partial charge is 0.459 e. The molecule has 4 heteroatoms. The summed E-state index contributed by atoms with van der Waals surface area (Å²) < 4.78 is 10.5. The summed E-state index contributed by atoms with van der Waals surface area (Å²) in [7, 11) is 0. The average molecular weight is 270 g/mol. The fourth-order valence-electron chi connectivity index (χ4n) is 1.36. The number of carbonyl (C=O) groups excluding carboxylic acids is 2. The van der Waals surface area contributed by atoms with Crippen LogP contribution >= 0.6 is 0 Å². The SMILES string of the molecule is C=CCCC(C(=O)OC(C)(C)C)C(=O)OC(C)(C)C. The second-order valence-electron chi connectivity index (χ2n) is 6.49. The smallest absolute Gasteiger partial charge is 0.320 e. The summed E-state index contributed by atoms with van der Waals surface area (Å²) in [5.41, 5.74) is -1.24. The average Bonchev–Trinajstić information content (AvgIpc) is 2.12. The van der Waals surface area contributed by atoms with Crippen molar-refractivity contribution >= 4 is 11.9 Å². The van der Waals surface area contributed by atoms with Gasteiger partial charge in [-0.15, -0.1) is 6.58 Å². The van der Waals surface area contributed by atoms with E-state index in [9.17, 15) is 9.59 Å². The number of allylic oxidation sites excluding steroid dienone is 1. The summed E-state index contributed by atoms with van der Waals surface area (Å²) in [6, 6.07) is 0. The third-order valence-electron chi connectivity index (χ3n) is 2.04. The van der Waals surface area contributed by atoms with E-state index >= 15 is 0 Å². The molecule has 0 aliphatic heterocycles. The Kier molecular flexibility index (Phi) is 6.27. The molecule has 0 N–H and O–H groups in total. The van der Waals surface area contributed by atoms with Crippen LogP contribution in [0.1, 0.15) is 54.4 Å². The Morgan fingerprint density at radius 1 is 1.00 bits per heavy atom. The van der Waals surface area contributed by atoms with Crippen molar-refractivity contribution in [3.63, 3.8) is 0 Å². The molecular formula is C15H26O4. The number of rotatable bonds is 5. The highest BCUT2D eigenvalue weighted by Gasteiger charge is 2.34. The van der Waals surface area contributed by atoms with Gasteiger partial charge in [-0.3, -0.25) is 9.59 Å². The zero-order valence-corrected chi connectivity index (χ0v) is 12.9. The van der Waals surface area contributed by atoms with E-state index in [1.807, 2.05) is 0 Å². The summed E-state index contributed by atoms with van der Waals surface area (Å²) in [6.45, 7) is 14.2. The molecule has 0 bridgehead atoms. The normalized spacial score (nSPS) is 12.2. The Morgan fingerprint density at radius 3 is 1.63 bits per heavy atom. The number of esters is 2. The Labute approximate surface area is 116 Å². The Hall–Kier alpha value is -1.32. The van der Waals surface area contributed by atoms with Crippen molar-refractivity contribution in [3.8, 4) is 0 Å². The lowest BCUT2D eigenvalue weighted by molar-refractivity contribution is -0.174. The summed E-state index contributed by atoms with van der Waals surface area (Å²) in [5.74, 6) is -1.97. The lowest BCUT2D eigenvalue weighted by Gasteiger charge is -2.26. The quantitative estimate of drug-likeness (QED) is 0.437. The molecule has 4 nitrogen and oxygen atoms in total. The van der Waals surface area contributed by atoms with E-state index in [2.05, 4.69) is 6.58 Å². The summed E-state index contributed by atoms with van der Waals surface area (Å²) in [4.78, 5) is 24.1. The lowest BCUT2D eigenvalue weighted by Crippen LogP contribution is -2.36. The highest BCUT2D eigenvalue weighted by atomic mass is 16.6. The van der Waals surface area contributed by atoms with Crippen molar-refractivity contribution in [1.29, 1.82) is 0 Å². The topological polar surface area (TPSA) is 52.6 Å². The van der Waals surface area contributed by atoms with Gasteiger partial charge in [0, 0.05) is 0 Å². The third kappa shape index (κ3) is 8.41. The van der Waals surface area contributed by atoms with Crippen molar-refractivity contribution in [2.24, 2.45) is 5.92 Å². The molecule has 110 valence electrons. The Balaban J connectivity index is 4.84. The van der Waals surface area contributed by atoms with E-state index in [0.29, 0.717) is 12.8 Å². The number of hydrogen-bond donors (Lipinski definition) is 0. The Morgan fingerprint density at radius 2 is 1.37 bits per heavy atom. The van der Waals surface area contributed by atoms with Gasteiger partial charge in [-0.2, -0.15) is 0 Å². The van der Waals surface area contributed by atoms with Crippen molar-refractivity contribution in [1.82, 2.24) is 0 Å². The van der Waals surface area contributed by atoms with Crippen molar-refractivity contribution < 1.29 is 19.1 Å². The van der Waals surface area contributed by atoms with Crippen LogP contribution in [-0.4, -0.2) is 23.1 Å². The van der Waals surface area contributed by atoms with Crippen LogP contribution < -0.4 is 0 Å². The molecule has 0 aromatic rings. The van der Waals surface area contributed by atoms with Gasteiger partial charge < -0.3 is 9.47 Å². The molecule has 0 spiro atoms. The first-order chi connectivity index (χ1) is 8.46. The molecule has 0 aromatic heterocycles. The molecule has 0 heterocycles. The summed E-state index contributed by atoms with van der Waals surface area (Å²) >= 11 is 0. The van der Waals surface area contributed by atoms with E-state index in [0.717, 1.165) is 0 Å². The zero-order chi connectivity index (χ0) is 15.3. The molecule has 0 saturated carbocycles. The molecule has 0 rings (SSSR count). The monoisotopic (exact) mass is 270 g/mol. The fourth-order valence-corrected chi connectivity index (χ4v) is 1.36. The van der Waals surface area contributed by atoms with Gasteiger partial charge in [0.05, 0.1) is 0 Å². The standard InChI is InChI=1S/C15H26O4/c1-8-9-10-11(12(16)18-14(2,3)4)13(17)19-15(5,6)7/h8,11H,1,9-10H2,2-7H3. The van der Waals surface area contributed by atoms with Crippen molar-refractivity contribution in [2.75, 3.05) is 0 Å². The molecule has 0 fully saturated rings. The van der Waals surface area contributed by atoms with Gasteiger partial charge >= 0.3 is 11.9 Å². The van der Waals surface area contributed by atoms with E-state index in [1.54, 1.807) is 47.6 Å². The molecule has 0 radical (unpaired) electrons. The van der Waals surface area contributed by atoms with E-state index in [-0.39, 0.29) is 0 Å². The van der Waals surface area contributed by atoms with Crippen LogP contribution in [-0.2, 0) is 19.1 Å². The predicted octanol–water partition coefficient (Wildman–Crippen LogP) is 3.25. The molecular weight excluding hydrogens is 244 g/mol. The maximum Gasteiger partial charge on any atom is 0.320 e. The first-order valence-corrected chi connectivity index (χ1v) is 6.53. The molecule has 0 unspecified atom stereocenters. The minimum absolute atomic E-state index is 0.354. The minimum atomic E-state index is -0.892. The predicted molar refractivity (Wildman–Crippen MR) is 74.6 cm³/mol. The van der Waals surface area contributed by atoms with E-state index < -0.39 is 29.1 Å². The summed E-state index contributed by atoms with van der Waals surface area (Å²) in [5, 5.41) is 0. The first kappa shape index (κ1) is 17.7. The third-order valence-corrected chi connectivity index (χ3v) is 2.04. The molecule has 0 aliphatic rings. The van der Waals surface area contributed by atoms with Crippen LogP contribution in [0.3, 0.4) is 0 Å². The molecule has 0 atom stereocenters. The van der Waals surface area contributed by atoms with Gasteiger partial charge in [0.15, 0.2) is 5.92 Å². The summed E-state index contributed by atoms with van der Waals surface area (Å²) in [6.07, 6.45) is 2.58. The molecule has 0 saturated heterocycles. The first-order valence-electron chi connectivity index (χ1n) is 6.53. The van der Waals surface area contributed by atoms with Gasteiger partial charge in [-0.05, 0) is 54.4 Å². The Bertz CT molecular complexity index is 303. The van der Waals surface area contributed by atoms with Gasteiger partial charge in [-0.1, -0.05) is 6.08 Å². The highest BCUT2D eigenvalue weighted by molar-refractivity contribution is 5.95. The van der Waals surface area contributed by atoms with E-state index in [4.69, 9.17) is 9.47 Å². The second-order valence-corrected chi connectivity index (χ2v) is 6.49. The van der Waals surface area contributed by atoms with Gasteiger partial charge in [0.2, 0.25) is 0 Å². The fraction of sp³-hybridized carbons (Fsp3) is 0.733. The molecule has 0 aromatic carbocycles. The van der Waals surface area contributed by atoms with Crippen molar-refractivity contribution in [3.05, 3.63) is 12.7 Å². The highest BCUT2D eigenvalue weighted by Crippen LogP contribution is 2.19. The minimum Gasteiger partial charge on any atom is -0.459 e. The molecule has 0 amide bonds. The van der Waals surface area contributed by atoms with Crippen LogP contribution in [0.4, 0.5) is 0 Å². The lowest BCUT2D eigenvalue weighted by atomic mass is 10.0. The van der Waals surface area contributed by atoms with Crippen LogP contribution in [0, 0.1) is 5.92 Å². The zero-order valence-electron chi connectivity index (χ0n) is 12.9. The molecule has 0 aliphatic carbocycles. The number of hydrogen-bond acceptors (Lipinski definition) is 4. The number of ether oxygens (including phenoxy) is 2. The second kappa shape index (κ2) is 6.73. The van der Waals surface area contributed by atoms with Gasteiger partial charge in [-0.25, -0.2) is 0 Å². The van der Waals surface area contributed by atoms with Gasteiger partial charge in [0.1, 0.15) is 11.2 Å². The van der Waals surface area contributed by atoms with Crippen molar-refractivity contribution in [2.45, 2.75) is 65.6 Å². The van der Waals surface area contributed by atoms with Crippen LogP contribution in [0.25, 0.3) is 0 Å². The van der Waals surface area contributed by atoms with Gasteiger partial charge in [0.25, 0.3) is 0 Å². The number of carbonyl (C=O) groups is 2. The maximum atomic E-state index is 12.0. The maximum absolute atomic E-state index is 12.0. The van der Waals surface area contributed by atoms with E-state index in [1.165, 1.54) is 0 Å². The van der Waals surface area contributed by atoms with Crippen LogP contribution in [0.5, 0.6) is 0 Å².